The molecule has 0 saturated carbocycles. The van der Waals surface area contributed by atoms with E-state index in [-0.39, 0.29) is 0 Å². The normalized spacial score (nSPS) is 11.8. The predicted molar refractivity (Wildman–Crippen MR) is 105 cm³/mol. The van der Waals surface area contributed by atoms with Gasteiger partial charge in [-0.05, 0) is 60.7 Å². The molecule has 0 radical (unpaired) electrons. The van der Waals surface area contributed by atoms with Crippen molar-refractivity contribution in [3.63, 3.8) is 0 Å². The number of rotatable bonds is 3. The molecule has 0 bridgehead atoms. The van der Waals surface area contributed by atoms with E-state index in [0.29, 0.717) is 9.92 Å². The maximum Gasteiger partial charge on any atom is 0.175 e. The molecule has 26 heavy (non-hydrogen) atoms. The van der Waals surface area contributed by atoms with Gasteiger partial charge in [-0.3, -0.25) is 4.57 Å². The molecule has 0 atom stereocenters. The molecule has 0 fully saturated rings. The molecule has 1 aromatic heterocycles. The zero-order valence-electron chi connectivity index (χ0n) is 13.9. The van der Waals surface area contributed by atoms with Crippen LogP contribution in [0.15, 0.2) is 77.7 Å². The SMILES string of the molecule is CS(=O)(=O)c1ccc(-n2c(-c3ccc(Cl)cc3)nc3ccccc32)cc1. The van der Waals surface area contributed by atoms with E-state index in [1.807, 2.05) is 53.1 Å². The summed E-state index contributed by atoms with van der Waals surface area (Å²) in [7, 11) is -3.24. The Labute approximate surface area is 156 Å². The van der Waals surface area contributed by atoms with Crippen LogP contribution in [0, 0.1) is 0 Å². The van der Waals surface area contributed by atoms with E-state index in [1.165, 1.54) is 6.26 Å². The van der Waals surface area contributed by atoms with E-state index >= 15 is 0 Å². The van der Waals surface area contributed by atoms with E-state index in [2.05, 4.69) is 0 Å². The average Bonchev–Trinajstić information content (AvgIpc) is 3.01. The quantitative estimate of drug-likeness (QED) is 0.513. The Hall–Kier alpha value is -2.63. The Kier molecular flexibility index (Phi) is 4.05. The van der Waals surface area contributed by atoms with Gasteiger partial charge in [0, 0.05) is 22.5 Å². The second-order valence-electron chi connectivity index (χ2n) is 6.03. The number of halogens is 1. The Morgan fingerprint density at radius 2 is 1.54 bits per heavy atom. The molecule has 0 saturated heterocycles. The summed E-state index contributed by atoms with van der Waals surface area (Å²) in [6.45, 7) is 0. The van der Waals surface area contributed by atoms with Gasteiger partial charge >= 0.3 is 0 Å². The van der Waals surface area contributed by atoms with Crippen molar-refractivity contribution in [2.45, 2.75) is 4.90 Å². The van der Waals surface area contributed by atoms with Crippen LogP contribution in [0.1, 0.15) is 0 Å². The second-order valence-corrected chi connectivity index (χ2v) is 8.48. The summed E-state index contributed by atoms with van der Waals surface area (Å²) < 4.78 is 25.5. The predicted octanol–water partition coefficient (Wildman–Crippen LogP) is 4.75. The fourth-order valence-corrected chi connectivity index (χ4v) is 3.68. The minimum Gasteiger partial charge on any atom is -0.292 e. The number of hydrogen-bond donors (Lipinski definition) is 0. The van der Waals surface area contributed by atoms with Crippen molar-refractivity contribution in [3.8, 4) is 17.1 Å². The van der Waals surface area contributed by atoms with Gasteiger partial charge in [-0.1, -0.05) is 23.7 Å². The van der Waals surface area contributed by atoms with E-state index in [0.717, 1.165) is 28.1 Å². The molecule has 4 aromatic rings. The Balaban J connectivity index is 1.96. The summed E-state index contributed by atoms with van der Waals surface area (Å²) >= 11 is 6.01. The van der Waals surface area contributed by atoms with Crippen LogP contribution in [0.3, 0.4) is 0 Å². The van der Waals surface area contributed by atoms with Gasteiger partial charge in [-0.2, -0.15) is 0 Å². The van der Waals surface area contributed by atoms with Crippen LogP contribution in [0.4, 0.5) is 0 Å². The highest BCUT2D eigenvalue weighted by atomic mass is 35.5. The monoisotopic (exact) mass is 382 g/mol. The van der Waals surface area contributed by atoms with Gasteiger partial charge in [-0.15, -0.1) is 0 Å². The molecule has 130 valence electrons. The second kappa shape index (κ2) is 6.27. The molecule has 0 aliphatic carbocycles. The van der Waals surface area contributed by atoms with Gasteiger partial charge in [0.05, 0.1) is 15.9 Å². The van der Waals surface area contributed by atoms with Gasteiger partial charge in [0.2, 0.25) is 0 Å². The van der Waals surface area contributed by atoms with Crippen LogP contribution in [-0.2, 0) is 9.84 Å². The summed E-state index contributed by atoms with van der Waals surface area (Å²) in [4.78, 5) is 5.05. The fourth-order valence-electron chi connectivity index (χ4n) is 2.92. The van der Waals surface area contributed by atoms with Crippen molar-refractivity contribution in [2.75, 3.05) is 6.26 Å². The molecule has 1 heterocycles. The number of hydrogen-bond acceptors (Lipinski definition) is 3. The molecule has 0 aliphatic heterocycles. The van der Waals surface area contributed by atoms with Crippen molar-refractivity contribution in [2.24, 2.45) is 0 Å². The summed E-state index contributed by atoms with van der Waals surface area (Å²) in [5.41, 5.74) is 3.59. The Morgan fingerprint density at radius 1 is 0.885 bits per heavy atom. The number of imidazole rings is 1. The lowest BCUT2D eigenvalue weighted by molar-refractivity contribution is 0.602. The number of para-hydroxylation sites is 2. The van der Waals surface area contributed by atoms with E-state index in [1.54, 1.807) is 24.3 Å². The highest BCUT2D eigenvalue weighted by molar-refractivity contribution is 7.90. The number of aromatic nitrogens is 2. The Morgan fingerprint density at radius 3 is 2.19 bits per heavy atom. The smallest absolute Gasteiger partial charge is 0.175 e. The third kappa shape index (κ3) is 3.00. The standard InChI is InChI=1S/C20H15ClN2O2S/c1-26(24,25)17-12-10-16(11-13-17)23-19-5-3-2-4-18(19)22-20(23)14-6-8-15(21)9-7-14/h2-13H,1H3. The number of benzene rings is 3. The minimum atomic E-state index is -3.24. The summed E-state index contributed by atoms with van der Waals surface area (Å²) in [6, 6.07) is 22.2. The molecule has 0 spiro atoms. The van der Waals surface area contributed by atoms with Crippen LogP contribution in [0.2, 0.25) is 5.02 Å². The third-order valence-corrected chi connectivity index (χ3v) is 5.57. The van der Waals surface area contributed by atoms with Gasteiger partial charge in [0.1, 0.15) is 5.82 Å². The highest BCUT2D eigenvalue weighted by Crippen LogP contribution is 2.29. The van der Waals surface area contributed by atoms with Gasteiger partial charge in [-0.25, -0.2) is 13.4 Å². The molecule has 0 aliphatic rings. The lowest BCUT2D eigenvalue weighted by Crippen LogP contribution is -2.00. The van der Waals surface area contributed by atoms with Crippen LogP contribution < -0.4 is 0 Å². The molecular formula is C20H15ClN2O2S. The molecule has 4 rings (SSSR count). The maximum atomic E-state index is 11.7. The van der Waals surface area contributed by atoms with Crippen molar-refractivity contribution in [1.82, 2.24) is 9.55 Å². The fraction of sp³-hybridized carbons (Fsp3) is 0.0500. The van der Waals surface area contributed by atoms with Crippen molar-refractivity contribution in [1.29, 1.82) is 0 Å². The summed E-state index contributed by atoms with van der Waals surface area (Å²) in [5.74, 6) is 0.773. The first-order chi connectivity index (χ1) is 12.4. The minimum absolute atomic E-state index is 0.290. The highest BCUT2D eigenvalue weighted by Gasteiger charge is 2.15. The zero-order chi connectivity index (χ0) is 18.3. The van der Waals surface area contributed by atoms with Crippen LogP contribution >= 0.6 is 11.6 Å². The van der Waals surface area contributed by atoms with Gasteiger partial charge in [0.25, 0.3) is 0 Å². The average molecular weight is 383 g/mol. The van der Waals surface area contributed by atoms with Crippen LogP contribution in [-0.4, -0.2) is 24.2 Å². The molecule has 6 heteroatoms. The molecule has 4 nitrogen and oxygen atoms in total. The number of sulfone groups is 1. The molecule has 0 unspecified atom stereocenters. The Bertz CT molecular complexity index is 1200. The van der Waals surface area contributed by atoms with Gasteiger partial charge < -0.3 is 0 Å². The first-order valence-electron chi connectivity index (χ1n) is 7.97. The maximum absolute atomic E-state index is 11.7. The number of nitrogens with zero attached hydrogens (tertiary/aromatic N) is 2. The van der Waals surface area contributed by atoms with E-state index in [4.69, 9.17) is 16.6 Å². The van der Waals surface area contributed by atoms with E-state index < -0.39 is 9.84 Å². The molecule has 0 N–H and O–H groups in total. The molecular weight excluding hydrogens is 368 g/mol. The topological polar surface area (TPSA) is 52.0 Å². The van der Waals surface area contributed by atoms with E-state index in [9.17, 15) is 8.42 Å². The van der Waals surface area contributed by atoms with Crippen LogP contribution in [0.25, 0.3) is 28.1 Å². The lowest BCUT2D eigenvalue weighted by atomic mass is 10.2. The van der Waals surface area contributed by atoms with Crippen molar-refractivity contribution in [3.05, 3.63) is 77.8 Å². The molecule has 3 aromatic carbocycles. The van der Waals surface area contributed by atoms with Gasteiger partial charge in [0.15, 0.2) is 9.84 Å². The van der Waals surface area contributed by atoms with Crippen molar-refractivity contribution >= 4 is 32.5 Å². The summed E-state index contributed by atoms with van der Waals surface area (Å²) in [6.07, 6.45) is 1.20. The number of fused-ring (bicyclic) bond motifs is 1. The first-order valence-corrected chi connectivity index (χ1v) is 10.2. The first kappa shape index (κ1) is 16.8. The third-order valence-electron chi connectivity index (χ3n) is 4.19. The van der Waals surface area contributed by atoms with Crippen LogP contribution in [0.5, 0.6) is 0 Å². The summed E-state index contributed by atoms with van der Waals surface area (Å²) in [5, 5.41) is 0.661. The lowest BCUT2D eigenvalue weighted by Gasteiger charge is -2.10. The zero-order valence-corrected chi connectivity index (χ0v) is 15.5. The largest absolute Gasteiger partial charge is 0.292 e. The van der Waals surface area contributed by atoms with Crippen molar-refractivity contribution < 1.29 is 8.42 Å². The molecule has 0 amide bonds.